The van der Waals surface area contributed by atoms with Crippen LogP contribution in [-0.2, 0) is 6.54 Å². The third-order valence-electron chi connectivity index (χ3n) is 2.27. The zero-order chi connectivity index (χ0) is 11.6. The van der Waals surface area contributed by atoms with E-state index < -0.39 is 0 Å². The van der Waals surface area contributed by atoms with Crippen molar-refractivity contribution in [2.24, 2.45) is 5.73 Å². The van der Waals surface area contributed by atoms with Gasteiger partial charge in [-0.1, -0.05) is 0 Å². The minimum absolute atomic E-state index is 0.248. The number of nitrogens with two attached hydrogens (primary N) is 1. The summed E-state index contributed by atoms with van der Waals surface area (Å²) in [7, 11) is 0. The van der Waals surface area contributed by atoms with Gasteiger partial charge >= 0.3 is 0 Å². The molecule has 0 amide bonds. The molecule has 0 radical (unpaired) electrons. The molecule has 0 aliphatic carbocycles. The summed E-state index contributed by atoms with van der Waals surface area (Å²) in [6.45, 7) is 4.75. The summed E-state index contributed by atoms with van der Waals surface area (Å²) in [6.07, 6.45) is 7.21. The van der Waals surface area contributed by atoms with Crippen molar-refractivity contribution in [1.29, 1.82) is 0 Å². The van der Waals surface area contributed by atoms with Crippen molar-refractivity contribution in [2.45, 2.75) is 25.9 Å². The molecule has 2 N–H and O–H groups in total. The molecule has 16 heavy (non-hydrogen) atoms. The van der Waals surface area contributed by atoms with Crippen molar-refractivity contribution in [3.8, 4) is 11.3 Å². The molecule has 0 saturated carbocycles. The van der Waals surface area contributed by atoms with Crippen LogP contribution in [0.4, 0.5) is 0 Å². The van der Waals surface area contributed by atoms with Crippen LogP contribution in [0.15, 0.2) is 37.1 Å². The van der Waals surface area contributed by atoms with Crippen molar-refractivity contribution in [1.82, 2.24) is 14.5 Å². The molecule has 2 aromatic rings. The molecule has 0 atom stereocenters. The minimum Gasteiger partial charge on any atom is -0.329 e. The first-order valence-electron chi connectivity index (χ1n) is 5.26. The van der Waals surface area contributed by atoms with Crippen LogP contribution in [0.2, 0.25) is 0 Å². The smallest absolute Gasteiger partial charge is 0.0951 e. The van der Waals surface area contributed by atoms with Crippen LogP contribution in [0, 0.1) is 0 Å². The Labute approximate surface area is 95.1 Å². The van der Waals surface area contributed by atoms with Gasteiger partial charge in [0.05, 0.1) is 18.2 Å². The fraction of sp³-hybridized carbons (Fsp3) is 0.333. The van der Waals surface area contributed by atoms with Crippen LogP contribution in [0.3, 0.4) is 0 Å². The monoisotopic (exact) mass is 216 g/mol. The molecule has 0 spiro atoms. The predicted molar refractivity (Wildman–Crippen MR) is 63.7 cm³/mol. The number of hydrogen-bond acceptors (Lipinski definition) is 3. The van der Waals surface area contributed by atoms with E-state index >= 15 is 0 Å². The lowest BCUT2D eigenvalue weighted by molar-refractivity contribution is 0.436. The molecular formula is C12H16N4. The highest BCUT2D eigenvalue weighted by atomic mass is 15.1. The summed E-state index contributed by atoms with van der Waals surface area (Å²) in [5.41, 5.74) is 7.94. The van der Waals surface area contributed by atoms with Gasteiger partial charge in [0, 0.05) is 30.0 Å². The Balaban J connectivity index is 2.33. The maximum atomic E-state index is 6.01. The Kier molecular flexibility index (Phi) is 2.75. The first kappa shape index (κ1) is 10.8. The maximum Gasteiger partial charge on any atom is 0.0951 e. The molecular weight excluding hydrogens is 200 g/mol. The zero-order valence-corrected chi connectivity index (χ0v) is 9.59. The number of imidazole rings is 1. The van der Waals surface area contributed by atoms with E-state index in [0.29, 0.717) is 0 Å². The molecule has 84 valence electrons. The van der Waals surface area contributed by atoms with Gasteiger partial charge in [-0.2, -0.15) is 0 Å². The summed E-state index contributed by atoms with van der Waals surface area (Å²) >= 11 is 0. The predicted octanol–water partition coefficient (Wildman–Crippen LogP) is 1.68. The number of nitrogens with zero attached hydrogens (tertiary/aromatic N) is 3. The molecule has 0 bridgehead atoms. The Morgan fingerprint density at radius 1 is 1.25 bits per heavy atom. The molecule has 2 aromatic heterocycles. The number of aromatic nitrogens is 3. The third kappa shape index (κ3) is 2.46. The molecule has 0 unspecified atom stereocenters. The van der Waals surface area contributed by atoms with Crippen molar-refractivity contribution >= 4 is 0 Å². The molecule has 0 aromatic carbocycles. The average molecular weight is 216 g/mol. The maximum absolute atomic E-state index is 6.01. The van der Waals surface area contributed by atoms with Gasteiger partial charge in [0.1, 0.15) is 0 Å². The second-order valence-electron chi connectivity index (χ2n) is 4.63. The van der Waals surface area contributed by atoms with Gasteiger partial charge < -0.3 is 10.3 Å². The van der Waals surface area contributed by atoms with Gasteiger partial charge in [0.15, 0.2) is 0 Å². The SMILES string of the molecule is CC(C)(N)Cn1cncc1-c1ccncc1. The minimum atomic E-state index is -0.248. The molecule has 2 heterocycles. The Hall–Kier alpha value is -1.68. The van der Waals surface area contributed by atoms with Crippen molar-refractivity contribution in [3.05, 3.63) is 37.1 Å². The highest BCUT2D eigenvalue weighted by Gasteiger charge is 2.14. The van der Waals surface area contributed by atoms with E-state index in [-0.39, 0.29) is 5.54 Å². The van der Waals surface area contributed by atoms with Crippen molar-refractivity contribution < 1.29 is 0 Å². The zero-order valence-electron chi connectivity index (χ0n) is 9.59. The molecule has 4 heteroatoms. The van der Waals surface area contributed by atoms with E-state index in [1.807, 2.05) is 38.5 Å². The van der Waals surface area contributed by atoms with E-state index in [2.05, 4.69) is 14.5 Å². The lowest BCUT2D eigenvalue weighted by Crippen LogP contribution is -2.37. The first-order chi connectivity index (χ1) is 7.56. The highest BCUT2D eigenvalue weighted by Crippen LogP contribution is 2.19. The molecule has 0 fully saturated rings. The van der Waals surface area contributed by atoms with Gasteiger partial charge in [-0.3, -0.25) is 4.98 Å². The van der Waals surface area contributed by atoms with Crippen LogP contribution in [0.5, 0.6) is 0 Å². The standard InChI is InChI=1S/C12H16N4/c1-12(2,13)8-16-9-15-7-11(16)10-3-5-14-6-4-10/h3-7,9H,8,13H2,1-2H3. The third-order valence-corrected chi connectivity index (χ3v) is 2.27. The molecule has 0 aliphatic heterocycles. The van der Waals surface area contributed by atoms with E-state index in [0.717, 1.165) is 17.8 Å². The van der Waals surface area contributed by atoms with Crippen LogP contribution in [0.1, 0.15) is 13.8 Å². The summed E-state index contributed by atoms with van der Waals surface area (Å²) < 4.78 is 2.06. The number of rotatable bonds is 3. The van der Waals surface area contributed by atoms with E-state index in [1.54, 1.807) is 12.4 Å². The number of hydrogen-bond donors (Lipinski definition) is 1. The van der Waals surface area contributed by atoms with Crippen LogP contribution in [0.25, 0.3) is 11.3 Å². The van der Waals surface area contributed by atoms with E-state index in [1.165, 1.54) is 0 Å². The fourth-order valence-electron chi connectivity index (χ4n) is 1.65. The first-order valence-corrected chi connectivity index (χ1v) is 5.26. The van der Waals surface area contributed by atoms with Gasteiger partial charge in [-0.15, -0.1) is 0 Å². The van der Waals surface area contributed by atoms with Crippen LogP contribution >= 0.6 is 0 Å². The summed E-state index contributed by atoms with van der Waals surface area (Å²) in [5.74, 6) is 0. The van der Waals surface area contributed by atoms with Crippen LogP contribution < -0.4 is 5.73 Å². The van der Waals surface area contributed by atoms with Crippen molar-refractivity contribution in [2.75, 3.05) is 0 Å². The Morgan fingerprint density at radius 2 is 1.94 bits per heavy atom. The Morgan fingerprint density at radius 3 is 2.56 bits per heavy atom. The van der Waals surface area contributed by atoms with Gasteiger partial charge in [0.25, 0.3) is 0 Å². The normalized spacial score (nSPS) is 11.7. The molecule has 0 saturated heterocycles. The summed E-state index contributed by atoms with van der Waals surface area (Å²) in [5, 5.41) is 0. The summed E-state index contributed by atoms with van der Waals surface area (Å²) in [6, 6.07) is 3.94. The van der Waals surface area contributed by atoms with Gasteiger partial charge in [-0.25, -0.2) is 4.98 Å². The van der Waals surface area contributed by atoms with Crippen LogP contribution in [-0.4, -0.2) is 20.1 Å². The molecule has 2 rings (SSSR count). The van der Waals surface area contributed by atoms with Gasteiger partial charge in [0.2, 0.25) is 0 Å². The Bertz CT molecular complexity index is 453. The number of pyridine rings is 1. The second kappa shape index (κ2) is 4.06. The summed E-state index contributed by atoms with van der Waals surface area (Å²) in [4.78, 5) is 8.17. The van der Waals surface area contributed by atoms with E-state index in [9.17, 15) is 0 Å². The van der Waals surface area contributed by atoms with Crippen molar-refractivity contribution in [3.63, 3.8) is 0 Å². The average Bonchev–Trinajstić information content (AvgIpc) is 2.64. The fourth-order valence-corrected chi connectivity index (χ4v) is 1.65. The molecule has 4 nitrogen and oxygen atoms in total. The highest BCUT2D eigenvalue weighted by molar-refractivity contribution is 5.57. The quantitative estimate of drug-likeness (QED) is 0.849. The molecule has 0 aliphatic rings. The largest absolute Gasteiger partial charge is 0.329 e. The lowest BCUT2D eigenvalue weighted by atomic mass is 10.1. The lowest BCUT2D eigenvalue weighted by Gasteiger charge is -2.20. The van der Waals surface area contributed by atoms with E-state index in [4.69, 9.17) is 5.73 Å². The topological polar surface area (TPSA) is 56.7 Å². The second-order valence-corrected chi connectivity index (χ2v) is 4.63. The van der Waals surface area contributed by atoms with Gasteiger partial charge in [-0.05, 0) is 26.0 Å².